The lowest BCUT2D eigenvalue weighted by Crippen LogP contribution is -2.45. The van der Waals surface area contributed by atoms with E-state index in [4.69, 9.17) is 4.74 Å². The highest BCUT2D eigenvalue weighted by Crippen LogP contribution is 2.19. The molecular weight excluding hydrogens is 995 g/mol. The maximum absolute atomic E-state index is 12.5. The molecule has 0 aromatic heterocycles. The summed E-state index contributed by atoms with van der Waals surface area (Å²) in [6.07, 6.45) is 91.1. The average Bonchev–Trinajstić information content (AvgIpc) is 3.47. The number of esters is 1. The summed E-state index contributed by atoms with van der Waals surface area (Å²) >= 11 is 0. The van der Waals surface area contributed by atoms with E-state index in [0.717, 1.165) is 44.9 Å². The van der Waals surface area contributed by atoms with Crippen molar-refractivity contribution in [1.82, 2.24) is 5.32 Å². The third-order valence-corrected chi connectivity index (χ3v) is 17.1. The molecule has 478 valence electrons. The highest BCUT2D eigenvalue weighted by atomic mass is 16.5. The summed E-state index contributed by atoms with van der Waals surface area (Å²) in [7, 11) is 0. The minimum atomic E-state index is -0.840. The predicted molar refractivity (Wildman–Crippen MR) is 356 cm³/mol. The molecule has 0 heterocycles. The molecule has 0 fully saturated rings. The first-order valence-electron chi connectivity index (χ1n) is 36.8. The molecule has 6 nitrogen and oxygen atoms in total. The van der Waals surface area contributed by atoms with Crippen LogP contribution in [0.1, 0.15) is 406 Å². The van der Waals surface area contributed by atoms with Crippen LogP contribution in [0.3, 0.4) is 0 Å². The summed E-state index contributed by atoms with van der Waals surface area (Å²) in [5.74, 6) is -0.0495. The topological polar surface area (TPSA) is 95.9 Å². The summed E-state index contributed by atoms with van der Waals surface area (Å²) < 4.78 is 5.50. The molecule has 0 aromatic rings. The number of aliphatic hydroxyl groups excluding tert-OH is 2. The van der Waals surface area contributed by atoms with Crippen LogP contribution >= 0.6 is 0 Å². The number of carbonyl (C=O) groups is 2. The van der Waals surface area contributed by atoms with Crippen molar-refractivity contribution >= 4 is 11.9 Å². The Morgan fingerprint density at radius 1 is 0.333 bits per heavy atom. The van der Waals surface area contributed by atoms with Gasteiger partial charge in [0.15, 0.2) is 0 Å². The van der Waals surface area contributed by atoms with Crippen molar-refractivity contribution < 1.29 is 24.5 Å². The van der Waals surface area contributed by atoms with Gasteiger partial charge in [-0.1, -0.05) is 346 Å². The van der Waals surface area contributed by atoms with Crippen molar-refractivity contribution in [3.8, 4) is 0 Å². The SMILES string of the molecule is CCCCCCCC/C=C\CCCCCCCC(=O)OCCCCCCCCCCCCCCCCCC/C=C\CCCCCCCCCCCCCCCCCCCC(=O)NC(CO)C(O)/C=C/CCCCCCCCCCCC. The molecule has 2 unspecified atom stereocenters. The number of nitrogens with one attached hydrogen (secondary N) is 1. The van der Waals surface area contributed by atoms with Gasteiger partial charge in [0.25, 0.3) is 0 Å². The van der Waals surface area contributed by atoms with Crippen LogP contribution in [0.5, 0.6) is 0 Å². The predicted octanol–water partition coefficient (Wildman–Crippen LogP) is 23.9. The van der Waals surface area contributed by atoms with E-state index in [1.54, 1.807) is 6.08 Å². The Morgan fingerprint density at radius 3 is 0.877 bits per heavy atom. The van der Waals surface area contributed by atoms with Crippen molar-refractivity contribution in [3.05, 3.63) is 36.5 Å². The summed E-state index contributed by atoms with van der Waals surface area (Å²) in [5, 5.41) is 23.1. The quantitative estimate of drug-likeness (QED) is 0.0320. The van der Waals surface area contributed by atoms with E-state index >= 15 is 0 Å². The number of aliphatic hydroxyl groups is 2. The third kappa shape index (κ3) is 67.1. The number of hydrogen-bond acceptors (Lipinski definition) is 5. The molecule has 0 bridgehead atoms. The maximum Gasteiger partial charge on any atom is 0.305 e. The van der Waals surface area contributed by atoms with Crippen LogP contribution in [-0.2, 0) is 14.3 Å². The first-order valence-corrected chi connectivity index (χ1v) is 36.8. The highest BCUT2D eigenvalue weighted by molar-refractivity contribution is 5.76. The standard InChI is InChI=1S/C75H143NO5/c1-3-5-7-9-11-13-15-17-41-45-49-53-57-61-65-69-75(80)81-70-66-62-58-54-50-46-43-40-38-36-34-32-30-28-26-24-22-20-18-19-21-23-25-27-29-31-33-35-37-39-42-44-48-52-56-60-64-68-74(79)76-72(71-77)73(78)67-63-59-55-51-47-16-14-12-10-8-6-4-2/h17-18,20,41,63,67,72-73,77-78H,3-16,19,21-40,42-62,64-66,68-71H2,1-2H3,(H,76,79)/b20-18-,41-17-,67-63+. The molecule has 2 atom stereocenters. The molecule has 6 heteroatoms. The van der Waals surface area contributed by atoms with Gasteiger partial charge in [-0.05, 0) is 83.5 Å². The lowest BCUT2D eigenvalue weighted by molar-refractivity contribution is -0.143. The molecule has 3 N–H and O–H groups in total. The molecule has 0 saturated carbocycles. The van der Waals surface area contributed by atoms with Crippen LogP contribution in [0.2, 0.25) is 0 Å². The van der Waals surface area contributed by atoms with Crippen LogP contribution in [0.4, 0.5) is 0 Å². The van der Waals surface area contributed by atoms with Gasteiger partial charge in [-0.3, -0.25) is 9.59 Å². The molecule has 1 amide bonds. The number of hydrogen-bond donors (Lipinski definition) is 3. The number of rotatable bonds is 69. The van der Waals surface area contributed by atoms with E-state index in [1.165, 1.54) is 334 Å². The van der Waals surface area contributed by atoms with E-state index in [-0.39, 0.29) is 18.5 Å². The van der Waals surface area contributed by atoms with Gasteiger partial charge in [-0.15, -0.1) is 0 Å². The lowest BCUT2D eigenvalue weighted by atomic mass is 10.0. The van der Waals surface area contributed by atoms with Gasteiger partial charge in [-0.2, -0.15) is 0 Å². The zero-order chi connectivity index (χ0) is 58.5. The van der Waals surface area contributed by atoms with E-state index in [9.17, 15) is 19.8 Å². The van der Waals surface area contributed by atoms with Gasteiger partial charge in [0.05, 0.1) is 25.4 Å². The normalized spacial score (nSPS) is 12.7. The number of ether oxygens (including phenoxy) is 1. The Hall–Kier alpha value is -1.92. The molecule has 0 spiro atoms. The van der Waals surface area contributed by atoms with Crippen molar-refractivity contribution in [2.24, 2.45) is 0 Å². The summed E-state index contributed by atoms with van der Waals surface area (Å²) in [6.45, 7) is 4.92. The number of amides is 1. The fourth-order valence-corrected chi connectivity index (χ4v) is 11.5. The van der Waals surface area contributed by atoms with E-state index in [0.29, 0.717) is 19.4 Å². The molecule has 0 aliphatic rings. The van der Waals surface area contributed by atoms with E-state index < -0.39 is 12.1 Å². The van der Waals surface area contributed by atoms with Crippen molar-refractivity contribution in [3.63, 3.8) is 0 Å². The molecule has 0 radical (unpaired) electrons. The Bertz CT molecular complexity index is 1310. The second kappa shape index (κ2) is 70.6. The number of carbonyl (C=O) groups excluding carboxylic acids is 2. The largest absolute Gasteiger partial charge is 0.466 e. The van der Waals surface area contributed by atoms with Gasteiger partial charge in [0.2, 0.25) is 5.91 Å². The summed E-state index contributed by atoms with van der Waals surface area (Å²) in [5.41, 5.74) is 0. The number of unbranched alkanes of at least 4 members (excludes halogenated alkanes) is 54. The smallest absolute Gasteiger partial charge is 0.305 e. The second-order valence-electron chi connectivity index (χ2n) is 25.3. The summed E-state index contributed by atoms with van der Waals surface area (Å²) in [6, 6.07) is -0.624. The van der Waals surface area contributed by atoms with Gasteiger partial charge in [0.1, 0.15) is 0 Å². The van der Waals surface area contributed by atoms with E-state index in [1.807, 2.05) is 6.08 Å². The van der Waals surface area contributed by atoms with E-state index in [2.05, 4.69) is 43.5 Å². The monoisotopic (exact) mass is 1140 g/mol. The van der Waals surface area contributed by atoms with Crippen LogP contribution in [-0.4, -0.2) is 47.4 Å². The van der Waals surface area contributed by atoms with Crippen LogP contribution in [0.25, 0.3) is 0 Å². The molecule has 0 saturated heterocycles. The van der Waals surface area contributed by atoms with Crippen LogP contribution in [0, 0.1) is 0 Å². The zero-order valence-electron chi connectivity index (χ0n) is 54.8. The van der Waals surface area contributed by atoms with Gasteiger partial charge >= 0.3 is 5.97 Å². The van der Waals surface area contributed by atoms with Gasteiger partial charge in [0, 0.05) is 12.8 Å². The van der Waals surface area contributed by atoms with Gasteiger partial charge < -0.3 is 20.3 Å². The van der Waals surface area contributed by atoms with Crippen molar-refractivity contribution in [1.29, 1.82) is 0 Å². The average molecular weight is 1140 g/mol. The van der Waals surface area contributed by atoms with Crippen LogP contribution in [0.15, 0.2) is 36.5 Å². The first-order chi connectivity index (χ1) is 40.0. The first kappa shape index (κ1) is 79.1. The van der Waals surface area contributed by atoms with Crippen LogP contribution < -0.4 is 5.32 Å². The fourth-order valence-electron chi connectivity index (χ4n) is 11.5. The van der Waals surface area contributed by atoms with Crippen molar-refractivity contribution in [2.75, 3.05) is 13.2 Å². The summed E-state index contributed by atoms with van der Waals surface area (Å²) in [4.78, 5) is 24.5. The Kier molecular flexibility index (Phi) is 68.9. The van der Waals surface area contributed by atoms with Gasteiger partial charge in [-0.25, -0.2) is 0 Å². The Labute approximate surface area is 506 Å². The molecule has 81 heavy (non-hydrogen) atoms. The highest BCUT2D eigenvalue weighted by Gasteiger charge is 2.18. The Balaban J connectivity index is 3.32. The maximum atomic E-state index is 12.5. The molecular formula is C75H143NO5. The molecule has 0 rings (SSSR count). The minimum Gasteiger partial charge on any atom is -0.466 e. The molecule has 0 aliphatic heterocycles. The second-order valence-corrected chi connectivity index (χ2v) is 25.3. The molecule has 0 aromatic carbocycles. The third-order valence-electron chi connectivity index (χ3n) is 17.1. The Morgan fingerprint density at radius 2 is 0.580 bits per heavy atom. The van der Waals surface area contributed by atoms with Crippen molar-refractivity contribution in [2.45, 2.75) is 418 Å². The zero-order valence-corrected chi connectivity index (χ0v) is 54.8. The minimum absolute atomic E-state index is 0.0136. The lowest BCUT2D eigenvalue weighted by Gasteiger charge is -2.20. The molecule has 0 aliphatic carbocycles. The fraction of sp³-hybridized carbons (Fsp3) is 0.893. The number of allylic oxidation sites excluding steroid dienone is 5.